The molecule has 0 radical (unpaired) electrons. The lowest BCUT2D eigenvalue weighted by atomic mass is 10.2. The number of thiophene rings is 1. The molecule has 0 aromatic carbocycles. The van der Waals surface area contributed by atoms with Crippen LogP contribution in [0.1, 0.15) is 30.2 Å². The Bertz CT molecular complexity index is 225. The Balaban J connectivity index is 3.05. The lowest BCUT2D eigenvalue weighted by Crippen LogP contribution is -1.81. The minimum Gasteiger partial charge on any atom is -0.147 e. The molecule has 0 amide bonds. The summed E-state index contributed by atoms with van der Waals surface area (Å²) in [5.74, 6) is 0.646. The van der Waals surface area contributed by atoms with Gasteiger partial charge in [-0.2, -0.15) is 0 Å². The quantitative estimate of drug-likeness (QED) is 0.671. The van der Waals surface area contributed by atoms with Crippen molar-refractivity contribution >= 4 is 27.3 Å². The van der Waals surface area contributed by atoms with Gasteiger partial charge in [-0.15, -0.1) is 11.3 Å². The minimum atomic E-state index is 0.646. The molecule has 1 aromatic heterocycles. The largest absolute Gasteiger partial charge is 0.147 e. The van der Waals surface area contributed by atoms with Gasteiger partial charge in [-0.1, -0.05) is 13.8 Å². The highest BCUT2D eigenvalue weighted by Gasteiger charge is 2.07. The molecule has 0 unspecified atom stereocenters. The van der Waals surface area contributed by atoms with Gasteiger partial charge in [0.2, 0.25) is 0 Å². The molecular weight excluding hydrogens is 208 g/mol. The van der Waals surface area contributed by atoms with Crippen LogP contribution in [-0.2, 0) is 0 Å². The summed E-state index contributed by atoms with van der Waals surface area (Å²) in [6, 6.07) is 0. The molecule has 10 heavy (non-hydrogen) atoms. The van der Waals surface area contributed by atoms with Crippen molar-refractivity contribution in [3.05, 3.63) is 20.3 Å². The van der Waals surface area contributed by atoms with Crippen molar-refractivity contribution in [3.63, 3.8) is 0 Å². The maximum Gasteiger partial charge on any atom is 0.0346 e. The average molecular weight is 219 g/mol. The van der Waals surface area contributed by atoms with Crippen LogP contribution in [0.2, 0.25) is 0 Å². The number of halogens is 1. The molecule has 0 spiro atoms. The molecule has 0 N–H and O–H groups in total. The van der Waals surface area contributed by atoms with Crippen LogP contribution in [-0.4, -0.2) is 0 Å². The zero-order chi connectivity index (χ0) is 7.72. The second-order valence-electron chi connectivity index (χ2n) is 2.75. The fraction of sp³-hybridized carbons (Fsp3) is 0.500. The SMILES string of the molecule is Cc1csc(C(C)C)c1Br. The van der Waals surface area contributed by atoms with Gasteiger partial charge in [0.1, 0.15) is 0 Å². The molecule has 0 atom stereocenters. The zero-order valence-corrected chi connectivity index (χ0v) is 8.84. The topological polar surface area (TPSA) is 0 Å². The molecule has 1 rings (SSSR count). The van der Waals surface area contributed by atoms with Gasteiger partial charge in [-0.25, -0.2) is 0 Å². The van der Waals surface area contributed by atoms with Gasteiger partial charge in [0.15, 0.2) is 0 Å². The van der Waals surface area contributed by atoms with Gasteiger partial charge < -0.3 is 0 Å². The molecule has 0 saturated carbocycles. The maximum absolute atomic E-state index is 3.56. The summed E-state index contributed by atoms with van der Waals surface area (Å²) >= 11 is 5.40. The molecule has 56 valence electrons. The Hall–Kier alpha value is 0.180. The van der Waals surface area contributed by atoms with E-state index >= 15 is 0 Å². The molecule has 0 nitrogen and oxygen atoms in total. The molecular formula is C8H11BrS. The van der Waals surface area contributed by atoms with Gasteiger partial charge in [0, 0.05) is 9.35 Å². The Morgan fingerprint density at radius 3 is 2.30 bits per heavy atom. The van der Waals surface area contributed by atoms with Crippen LogP contribution < -0.4 is 0 Å². The summed E-state index contributed by atoms with van der Waals surface area (Å²) in [5, 5.41) is 2.19. The van der Waals surface area contributed by atoms with Crippen molar-refractivity contribution in [1.29, 1.82) is 0 Å². The van der Waals surface area contributed by atoms with Gasteiger partial charge >= 0.3 is 0 Å². The first-order valence-corrected chi connectivity index (χ1v) is 5.03. The molecule has 0 aliphatic heterocycles. The monoisotopic (exact) mass is 218 g/mol. The predicted octanol–water partition coefficient (Wildman–Crippen LogP) is 3.94. The second-order valence-corrected chi connectivity index (χ2v) is 4.46. The molecule has 1 heterocycles. The van der Waals surface area contributed by atoms with Gasteiger partial charge in [-0.05, 0) is 39.7 Å². The molecule has 0 saturated heterocycles. The Labute approximate surface area is 74.4 Å². The van der Waals surface area contributed by atoms with E-state index in [2.05, 4.69) is 42.1 Å². The summed E-state index contributed by atoms with van der Waals surface area (Å²) in [5.41, 5.74) is 1.36. The summed E-state index contributed by atoms with van der Waals surface area (Å²) in [4.78, 5) is 1.46. The van der Waals surface area contributed by atoms with Crippen molar-refractivity contribution in [3.8, 4) is 0 Å². The van der Waals surface area contributed by atoms with E-state index in [-0.39, 0.29) is 0 Å². The van der Waals surface area contributed by atoms with Gasteiger partial charge in [-0.3, -0.25) is 0 Å². The average Bonchev–Trinajstić information content (AvgIpc) is 2.14. The van der Waals surface area contributed by atoms with Crippen molar-refractivity contribution in [2.75, 3.05) is 0 Å². The second kappa shape index (κ2) is 3.05. The highest BCUT2D eigenvalue weighted by atomic mass is 79.9. The highest BCUT2D eigenvalue weighted by Crippen LogP contribution is 2.33. The summed E-state index contributed by atoms with van der Waals surface area (Å²) < 4.78 is 1.30. The molecule has 0 aliphatic rings. The van der Waals surface area contributed by atoms with Crippen LogP contribution in [0.5, 0.6) is 0 Å². The van der Waals surface area contributed by atoms with Crippen molar-refractivity contribution in [2.24, 2.45) is 0 Å². The van der Waals surface area contributed by atoms with Crippen LogP contribution in [0.3, 0.4) is 0 Å². The molecule has 0 aliphatic carbocycles. The van der Waals surface area contributed by atoms with Crippen molar-refractivity contribution in [1.82, 2.24) is 0 Å². The van der Waals surface area contributed by atoms with Crippen molar-refractivity contribution in [2.45, 2.75) is 26.7 Å². The van der Waals surface area contributed by atoms with Crippen LogP contribution in [0, 0.1) is 6.92 Å². The summed E-state index contributed by atoms with van der Waals surface area (Å²) in [7, 11) is 0. The molecule has 0 bridgehead atoms. The van der Waals surface area contributed by atoms with Gasteiger partial charge in [0.05, 0.1) is 0 Å². The van der Waals surface area contributed by atoms with Crippen LogP contribution in [0.25, 0.3) is 0 Å². The zero-order valence-electron chi connectivity index (χ0n) is 6.44. The number of aryl methyl sites for hydroxylation is 1. The van der Waals surface area contributed by atoms with Crippen molar-refractivity contribution < 1.29 is 0 Å². The van der Waals surface area contributed by atoms with E-state index < -0.39 is 0 Å². The Kier molecular flexibility index (Phi) is 2.53. The van der Waals surface area contributed by atoms with E-state index in [0.29, 0.717) is 5.92 Å². The molecule has 2 heteroatoms. The van der Waals surface area contributed by atoms with E-state index in [4.69, 9.17) is 0 Å². The highest BCUT2D eigenvalue weighted by molar-refractivity contribution is 9.10. The third kappa shape index (κ3) is 1.43. The first kappa shape index (κ1) is 8.28. The van der Waals surface area contributed by atoms with Crippen LogP contribution in [0.4, 0.5) is 0 Å². The van der Waals surface area contributed by atoms with E-state index in [1.165, 1.54) is 14.9 Å². The fourth-order valence-corrected chi connectivity index (χ4v) is 2.80. The van der Waals surface area contributed by atoms with Gasteiger partial charge in [0.25, 0.3) is 0 Å². The third-order valence-electron chi connectivity index (χ3n) is 1.45. The number of hydrogen-bond acceptors (Lipinski definition) is 1. The van der Waals surface area contributed by atoms with E-state index in [9.17, 15) is 0 Å². The summed E-state index contributed by atoms with van der Waals surface area (Å²) in [6.07, 6.45) is 0. The summed E-state index contributed by atoms with van der Waals surface area (Å²) in [6.45, 7) is 6.57. The maximum atomic E-state index is 3.56. The van der Waals surface area contributed by atoms with E-state index in [0.717, 1.165) is 0 Å². The van der Waals surface area contributed by atoms with Crippen LogP contribution >= 0.6 is 27.3 Å². The number of rotatable bonds is 1. The van der Waals surface area contributed by atoms with E-state index in [1.54, 1.807) is 0 Å². The Morgan fingerprint density at radius 1 is 1.50 bits per heavy atom. The minimum absolute atomic E-state index is 0.646. The first-order chi connectivity index (χ1) is 4.63. The third-order valence-corrected chi connectivity index (χ3v) is 4.17. The lowest BCUT2D eigenvalue weighted by molar-refractivity contribution is 0.883. The normalized spacial score (nSPS) is 10.9. The standard InChI is InChI=1S/C8H11BrS/c1-5(2)8-7(9)6(3)4-10-8/h4-5H,1-3H3. The fourth-order valence-electron chi connectivity index (χ4n) is 0.839. The molecule has 0 fully saturated rings. The van der Waals surface area contributed by atoms with Crippen LogP contribution in [0.15, 0.2) is 9.85 Å². The Morgan fingerprint density at radius 2 is 2.10 bits per heavy atom. The lowest BCUT2D eigenvalue weighted by Gasteiger charge is -2.00. The molecule has 1 aromatic rings. The first-order valence-electron chi connectivity index (χ1n) is 3.36. The predicted molar refractivity (Wildman–Crippen MR) is 50.8 cm³/mol. The smallest absolute Gasteiger partial charge is 0.0346 e. The number of hydrogen-bond donors (Lipinski definition) is 0. The van der Waals surface area contributed by atoms with E-state index in [1.807, 2.05) is 11.3 Å².